The molecule has 0 fully saturated rings. The summed E-state index contributed by atoms with van der Waals surface area (Å²) < 4.78 is 49.5. The van der Waals surface area contributed by atoms with Gasteiger partial charge in [-0.05, 0) is 48.4 Å². The Balaban J connectivity index is 1.88. The Morgan fingerprint density at radius 1 is 0.885 bits per heavy atom. The molecule has 0 amide bonds. The largest absolute Gasteiger partial charge is 0.385 e. The van der Waals surface area contributed by atoms with Crippen molar-refractivity contribution in [2.75, 3.05) is 30.7 Å². The Morgan fingerprint density at radius 2 is 1.42 bits per heavy atom. The highest BCUT2D eigenvalue weighted by atomic mass is 32.2. The molecular weight excluding hydrogens is 376 g/mol. The SMILES string of the molecule is CN(C)S(=O)(=O)Nc1ccc(NCCc2ccc(S(N)(=O)=O)cc2)cc1. The van der Waals surface area contributed by atoms with Gasteiger partial charge in [0.15, 0.2) is 0 Å². The fraction of sp³-hybridized carbons (Fsp3) is 0.250. The molecule has 8 nitrogen and oxygen atoms in total. The topological polar surface area (TPSA) is 122 Å². The molecule has 0 saturated carbocycles. The van der Waals surface area contributed by atoms with Crippen molar-refractivity contribution in [3.05, 3.63) is 54.1 Å². The van der Waals surface area contributed by atoms with E-state index in [-0.39, 0.29) is 4.90 Å². The lowest BCUT2D eigenvalue weighted by molar-refractivity contribution is 0.527. The highest BCUT2D eigenvalue weighted by molar-refractivity contribution is 7.90. The van der Waals surface area contributed by atoms with Crippen LogP contribution in [0.4, 0.5) is 11.4 Å². The van der Waals surface area contributed by atoms with Gasteiger partial charge in [0.25, 0.3) is 0 Å². The standard InChI is InChI=1S/C16H22N4O4S2/c1-20(2)26(23,24)19-15-7-5-14(6-8-15)18-12-11-13-3-9-16(10-4-13)25(17,21)22/h3-10,18-19H,11-12H2,1-2H3,(H2,17,21,22). The lowest BCUT2D eigenvalue weighted by Gasteiger charge is -2.14. The van der Waals surface area contributed by atoms with Crippen molar-refractivity contribution >= 4 is 31.6 Å². The molecule has 0 aliphatic rings. The zero-order valence-electron chi connectivity index (χ0n) is 14.5. The summed E-state index contributed by atoms with van der Waals surface area (Å²) in [6.07, 6.45) is 0.694. The number of nitrogens with one attached hydrogen (secondary N) is 2. The average Bonchev–Trinajstić information content (AvgIpc) is 2.56. The van der Waals surface area contributed by atoms with Crippen molar-refractivity contribution in [1.82, 2.24) is 4.31 Å². The van der Waals surface area contributed by atoms with Crippen LogP contribution >= 0.6 is 0 Å². The van der Waals surface area contributed by atoms with Crippen molar-refractivity contribution in [2.24, 2.45) is 5.14 Å². The van der Waals surface area contributed by atoms with Crippen LogP contribution in [0.1, 0.15) is 5.56 Å². The molecule has 0 aliphatic heterocycles. The van der Waals surface area contributed by atoms with E-state index in [1.165, 1.54) is 26.2 Å². The number of anilines is 2. The zero-order chi connectivity index (χ0) is 19.4. The van der Waals surface area contributed by atoms with E-state index >= 15 is 0 Å². The van der Waals surface area contributed by atoms with Gasteiger partial charge in [-0.1, -0.05) is 12.1 Å². The zero-order valence-corrected chi connectivity index (χ0v) is 16.1. The van der Waals surface area contributed by atoms with E-state index in [9.17, 15) is 16.8 Å². The predicted octanol–water partition coefficient (Wildman–Crippen LogP) is 1.21. The number of sulfonamides is 1. The minimum absolute atomic E-state index is 0.0879. The predicted molar refractivity (Wildman–Crippen MR) is 103 cm³/mol. The Morgan fingerprint density at radius 3 is 1.92 bits per heavy atom. The van der Waals surface area contributed by atoms with Crippen LogP contribution in [-0.2, 0) is 26.7 Å². The van der Waals surface area contributed by atoms with E-state index in [0.29, 0.717) is 18.7 Å². The number of hydrogen-bond acceptors (Lipinski definition) is 5. The fourth-order valence-corrected chi connectivity index (χ4v) is 3.23. The van der Waals surface area contributed by atoms with Gasteiger partial charge in [0.2, 0.25) is 10.0 Å². The summed E-state index contributed by atoms with van der Waals surface area (Å²) in [5.74, 6) is 0. The summed E-state index contributed by atoms with van der Waals surface area (Å²) >= 11 is 0. The Labute approximate surface area is 154 Å². The molecule has 0 unspecified atom stereocenters. The maximum Gasteiger partial charge on any atom is 0.301 e. The minimum atomic E-state index is -3.67. The maximum atomic E-state index is 11.8. The molecule has 4 N–H and O–H groups in total. The van der Waals surface area contributed by atoms with Crippen LogP contribution in [0.5, 0.6) is 0 Å². The van der Waals surface area contributed by atoms with Crippen LogP contribution in [0.3, 0.4) is 0 Å². The maximum absolute atomic E-state index is 11.8. The molecule has 0 bridgehead atoms. The van der Waals surface area contributed by atoms with Crippen LogP contribution in [0.15, 0.2) is 53.4 Å². The fourth-order valence-electron chi connectivity index (χ4n) is 2.09. The number of hydrogen-bond donors (Lipinski definition) is 3. The number of benzene rings is 2. The second-order valence-corrected chi connectivity index (χ2v) is 9.28. The summed E-state index contributed by atoms with van der Waals surface area (Å²) in [5, 5.41) is 8.28. The third kappa shape index (κ3) is 5.70. The van der Waals surface area contributed by atoms with Crippen molar-refractivity contribution in [3.63, 3.8) is 0 Å². The van der Waals surface area contributed by atoms with Gasteiger partial charge in [-0.25, -0.2) is 13.6 Å². The van der Waals surface area contributed by atoms with Crippen molar-refractivity contribution < 1.29 is 16.8 Å². The van der Waals surface area contributed by atoms with Crippen molar-refractivity contribution in [3.8, 4) is 0 Å². The van der Waals surface area contributed by atoms with E-state index in [0.717, 1.165) is 15.6 Å². The van der Waals surface area contributed by atoms with Gasteiger partial charge in [-0.3, -0.25) is 4.72 Å². The molecule has 0 atom stereocenters. The molecule has 0 spiro atoms. The third-order valence-electron chi connectivity index (χ3n) is 3.61. The lowest BCUT2D eigenvalue weighted by Crippen LogP contribution is -2.28. The molecular formula is C16H22N4O4S2. The molecule has 10 heteroatoms. The first kappa shape index (κ1) is 20.2. The Bertz CT molecular complexity index is 939. The van der Waals surface area contributed by atoms with Crippen LogP contribution in [0.2, 0.25) is 0 Å². The van der Waals surface area contributed by atoms with Crippen LogP contribution in [0.25, 0.3) is 0 Å². The lowest BCUT2D eigenvalue weighted by atomic mass is 10.1. The molecule has 0 radical (unpaired) electrons. The number of rotatable bonds is 8. The first-order valence-corrected chi connectivity index (χ1v) is 10.7. The summed E-state index contributed by atoms with van der Waals surface area (Å²) in [4.78, 5) is 0.0879. The molecule has 142 valence electrons. The quantitative estimate of drug-likeness (QED) is 0.617. The van der Waals surface area contributed by atoms with Crippen LogP contribution in [-0.4, -0.2) is 41.8 Å². The van der Waals surface area contributed by atoms with Gasteiger partial charge in [0.1, 0.15) is 0 Å². The van der Waals surface area contributed by atoms with E-state index in [4.69, 9.17) is 5.14 Å². The molecule has 2 aromatic rings. The van der Waals surface area contributed by atoms with E-state index in [2.05, 4.69) is 10.0 Å². The van der Waals surface area contributed by atoms with E-state index in [1.807, 2.05) is 0 Å². The van der Waals surface area contributed by atoms with Gasteiger partial charge >= 0.3 is 10.2 Å². The Hall–Kier alpha value is -2.14. The minimum Gasteiger partial charge on any atom is -0.385 e. The molecule has 0 aliphatic carbocycles. The van der Waals surface area contributed by atoms with Gasteiger partial charge < -0.3 is 5.32 Å². The second-order valence-electron chi connectivity index (χ2n) is 5.83. The van der Waals surface area contributed by atoms with Gasteiger partial charge in [-0.15, -0.1) is 0 Å². The first-order valence-electron chi connectivity index (χ1n) is 7.74. The summed E-state index contributed by atoms with van der Waals surface area (Å²) in [6.45, 7) is 0.636. The molecule has 2 rings (SSSR count). The molecule has 0 aromatic heterocycles. The number of primary sulfonamides is 1. The normalized spacial score (nSPS) is 12.2. The Kier molecular flexibility index (Phi) is 6.24. The van der Waals surface area contributed by atoms with Crippen LogP contribution in [0, 0.1) is 0 Å². The third-order valence-corrected chi connectivity index (χ3v) is 5.99. The van der Waals surface area contributed by atoms with Gasteiger partial charge in [0.05, 0.1) is 4.90 Å². The highest BCUT2D eigenvalue weighted by Crippen LogP contribution is 2.16. The van der Waals surface area contributed by atoms with Gasteiger partial charge in [0, 0.05) is 32.0 Å². The van der Waals surface area contributed by atoms with E-state index < -0.39 is 20.2 Å². The molecule has 0 saturated heterocycles. The second kappa shape index (κ2) is 8.04. The molecule has 0 heterocycles. The van der Waals surface area contributed by atoms with Crippen molar-refractivity contribution in [2.45, 2.75) is 11.3 Å². The smallest absolute Gasteiger partial charge is 0.301 e. The average molecular weight is 399 g/mol. The monoisotopic (exact) mass is 398 g/mol. The summed E-state index contributed by atoms with van der Waals surface area (Å²) in [6, 6.07) is 13.3. The first-order chi connectivity index (χ1) is 12.1. The van der Waals surface area contributed by atoms with Gasteiger partial charge in [-0.2, -0.15) is 12.7 Å². The van der Waals surface area contributed by atoms with Crippen LogP contribution < -0.4 is 15.2 Å². The molecule has 26 heavy (non-hydrogen) atoms. The van der Waals surface area contributed by atoms with Crippen molar-refractivity contribution in [1.29, 1.82) is 0 Å². The number of nitrogens with zero attached hydrogens (tertiary/aromatic N) is 1. The highest BCUT2D eigenvalue weighted by Gasteiger charge is 2.12. The summed E-state index contributed by atoms with van der Waals surface area (Å²) in [7, 11) is -4.29. The summed E-state index contributed by atoms with van der Waals surface area (Å²) in [5.41, 5.74) is 2.29. The number of nitrogens with two attached hydrogens (primary N) is 1. The molecule has 2 aromatic carbocycles. The van der Waals surface area contributed by atoms with E-state index in [1.54, 1.807) is 36.4 Å².